The highest BCUT2D eigenvalue weighted by Crippen LogP contribution is 1.99. The first-order valence-electron chi connectivity index (χ1n) is 4.42. The van der Waals surface area contributed by atoms with E-state index in [0.717, 1.165) is 47.7 Å². The third kappa shape index (κ3) is 23.5. The van der Waals surface area contributed by atoms with Gasteiger partial charge in [-0.1, -0.05) is 0 Å². The van der Waals surface area contributed by atoms with Crippen LogP contribution in [0.5, 0.6) is 0 Å². The molecule has 0 saturated heterocycles. The summed E-state index contributed by atoms with van der Waals surface area (Å²) in [5.74, 6) is 5.88. The molecular formula is C8H20OS5. The van der Waals surface area contributed by atoms with Crippen LogP contribution in [0, 0.1) is 0 Å². The van der Waals surface area contributed by atoms with Gasteiger partial charge in [0.15, 0.2) is 0 Å². The van der Waals surface area contributed by atoms with E-state index < -0.39 is 0 Å². The Morgan fingerprint density at radius 3 is 1.43 bits per heavy atom. The van der Waals surface area contributed by atoms with Gasteiger partial charge in [0.2, 0.25) is 0 Å². The molecule has 0 amide bonds. The second-order valence-electron chi connectivity index (χ2n) is 2.12. The van der Waals surface area contributed by atoms with E-state index in [1.807, 2.05) is 11.8 Å². The summed E-state index contributed by atoms with van der Waals surface area (Å²) in [5.41, 5.74) is 0. The zero-order chi connectivity index (χ0) is 11.1. The lowest BCUT2D eigenvalue weighted by Crippen LogP contribution is -1.97. The first-order chi connectivity index (χ1) is 6.83. The average molecular weight is 293 g/mol. The third-order valence-corrected chi connectivity index (χ3v) is 3.35. The molecule has 0 fully saturated rings. The average Bonchev–Trinajstić information content (AvgIpc) is 2.21. The Kier molecular flexibility index (Phi) is 26.0. The molecule has 0 heterocycles. The fraction of sp³-hybridized carbons (Fsp3) is 1.00. The summed E-state index contributed by atoms with van der Waals surface area (Å²) in [4.78, 5) is 0. The molecular weight excluding hydrogens is 272 g/mol. The van der Waals surface area contributed by atoms with E-state index in [0.29, 0.717) is 0 Å². The van der Waals surface area contributed by atoms with Crippen molar-refractivity contribution in [2.75, 3.05) is 47.7 Å². The molecule has 1 nitrogen and oxygen atoms in total. The Morgan fingerprint density at radius 1 is 0.714 bits per heavy atom. The Hall–Kier alpha value is 1.71. The van der Waals surface area contributed by atoms with Gasteiger partial charge in [-0.2, -0.15) is 62.3 Å². The molecule has 0 spiro atoms. The highest BCUT2D eigenvalue weighted by Gasteiger charge is 1.80. The summed E-state index contributed by atoms with van der Waals surface area (Å²) >= 11 is 17.9. The van der Waals surface area contributed by atoms with Crippen molar-refractivity contribution in [3.05, 3.63) is 0 Å². The van der Waals surface area contributed by atoms with Crippen molar-refractivity contribution in [2.45, 2.75) is 0 Å². The maximum atomic E-state index is 4.98. The van der Waals surface area contributed by atoms with Gasteiger partial charge in [0.05, 0.1) is 13.2 Å². The molecule has 0 radical (unpaired) electrons. The van der Waals surface area contributed by atoms with Crippen LogP contribution < -0.4 is 0 Å². The summed E-state index contributed by atoms with van der Waals surface area (Å²) in [6, 6.07) is 0. The molecule has 0 atom stereocenters. The van der Waals surface area contributed by atoms with Crippen LogP contribution in [0.15, 0.2) is 0 Å². The molecule has 88 valence electrons. The van der Waals surface area contributed by atoms with Crippen molar-refractivity contribution in [3.63, 3.8) is 0 Å². The van der Waals surface area contributed by atoms with Crippen LogP contribution >= 0.6 is 62.3 Å². The molecule has 14 heavy (non-hydrogen) atoms. The van der Waals surface area contributed by atoms with E-state index in [2.05, 4.69) is 50.5 Å². The van der Waals surface area contributed by atoms with Gasteiger partial charge in [-0.05, 0) is 11.5 Å². The normalized spacial score (nSPS) is 9.43. The molecule has 0 aliphatic heterocycles. The van der Waals surface area contributed by atoms with Gasteiger partial charge in [-0.25, -0.2) is 0 Å². The van der Waals surface area contributed by atoms with Crippen molar-refractivity contribution >= 4 is 62.3 Å². The van der Waals surface area contributed by atoms with Crippen LogP contribution in [0.25, 0.3) is 0 Å². The molecule has 0 bridgehead atoms. The monoisotopic (exact) mass is 292 g/mol. The lowest BCUT2D eigenvalue weighted by Gasteiger charge is -1.94. The molecule has 0 aliphatic carbocycles. The standard InChI is InChI=1S/C4H10OS2.C4H10S3/c6-3-1-5-2-4-7;5-1-3-7-4-2-6/h6-7H,1-4H2;5-6H,1-4H2. The smallest absolute Gasteiger partial charge is 0.0554 e. The van der Waals surface area contributed by atoms with Gasteiger partial charge in [0.1, 0.15) is 0 Å². The summed E-state index contributed by atoms with van der Waals surface area (Å²) in [6.07, 6.45) is 0. The van der Waals surface area contributed by atoms with Gasteiger partial charge in [-0.15, -0.1) is 0 Å². The number of hydrogen-bond acceptors (Lipinski definition) is 6. The van der Waals surface area contributed by atoms with E-state index in [1.54, 1.807) is 0 Å². The Morgan fingerprint density at radius 2 is 1.14 bits per heavy atom. The zero-order valence-corrected chi connectivity index (χ0v) is 12.7. The highest BCUT2D eigenvalue weighted by atomic mass is 32.2. The summed E-state index contributed by atoms with van der Waals surface area (Å²) < 4.78 is 4.98. The molecule has 0 unspecified atom stereocenters. The Labute approximate surface area is 114 Å². The number of thiol groups is 4. The van der Waals surface area contributed by atoms with Crippen LogP contribution in [0.1, 0.15) is 0 Å². The Bertz CT molecular complexity index is 66.1. The molecule has 6 heteroatoms. The van der Waals surface area contributed by atoms with Crippen LogP contribution in [0.3, 0.4) is 0 Å². The van der Waals surface area contributed by atoms with Crippen molar-refractivity contribution in [3.8, 4) is 0 Å². The Balaban J connectivity index is 0. The fourth-order valence-electron chi connectivity index (χ4n) is 0.462. The highest BCUT2D eigenvalue weighted by molar-refractivity contribution is 8.00. The largest absolute Gasteiger partial charge is 0.380 e. The number of hydrogen-bond donors (Lipinski definition) is 4. The predicted molar refractivity (Wildman–Crippen MR) is 83.6 cm³/mol. The number of rotatable bonds is 8. The maximum absolute atomic E-state index is 4.98. The second kappa shape index (κ2) is 20.2. The summed E-state index contributed by atoms with van der Waals surface area (Å²) in [7, 11) is 0. The molecule has 0 aliphatic rings. The van der Waals surface area contributed by atoms with Gasteiger partial charge >= 0.3 is 0 Å². The minimum atomic E-state index is 0.740. The van der Waals surface area contributed by atoms with E-state index in [9.17, 15) is 0 Å². The predicted octanol–water partition coefficient (Wildman–Crippen LogP) is 2.44. The first-order valence-corrected chi connectivity index (χ1v) is 8.10. The van der Waals surface area contributed by atoms with Crippen LogP contribution in [-0.4, -0.2) is 47.7 Å². The van der Waals surface area contributed by atoms with E-state index in [-0.39, 0.29) is 0 Å². The van der Waals surface area contributed by atoms with Gasteiger partial charge in [0, 0.05) is 23.0 Å². The molecule has 0 aromatic carbocycles. The van der Waals surface area contributed by atoms with E-state index in [1.165, 1.54) is 0 Å². The van der Waals surface area contributed by atoms with Crippen molar-refractivity contribution in [1.29, 1.82) is 0 Å². The zero-order valence-electron chi connectivity index (χ0n) is 8.26. The van der Waals surface area contributed by atoms with Gasteiger partial charge < -0.3 is 4.74 Å². The minimum Gasteiger partial charge on any atom is -0.380 e. The lowest BCUT2D eigenvalue weighted by molar-refractivity contribution is 0.167. The summed E-state index contributed by atoms with van der Waals surface area (Å²) in [6.45, 7) is 1.48. The van der Waals surface area contributed by atoms with Crippen molar-refractivity contribution in [1.82, 2.24) is 0 Å². The topological polar surface area (TPSA) is 9.23 Å². The molecule has 0 aromatic rings. The molecule has 0 saturated carbocycles. The van der Waals surface area contributed by atoms with E-state index in [4.69, 9.17) is 4.74 Å². The fourth-order valence-corrected chi connectivity index (χ4v) is 1.96. The van der Waals surface area contributed by atoms with Gasteiger partial charge in [-0.3, -0.25) is 0 Å². The van der Waals surface area contributed by atoms with Crippen LogP contribution in [0.2, 0.25) is 0 Å². The van der Waals surface area contributed by atoms with E-state index >= 15 is 0 Å². The third-order valence-electron chi connectivity index (χ3n) is 0.942. The summed E-state index contributed by atoms with van der Waals surface area (Å²) in [5, 5.41) is 0. The minimum absolute atomic E-state index is 0.740. The van der Waals surface area contributed by atoms with Crippen molar-refractivity contribution in [2.24, 2.45) is 0 Å². The maximum Gasteiger partial charge on any atom is 0.0554 e. The van der Waals surface area contributed by atoms with Crippen molar-refractivity contribution < 1.29 is 4.74 Å². The quantitative estimate of drug-likeness (QED) is 0.404. The van der Waals surface area contributed by atoms with Crippen LogP contribution in [-0.2, 0) is 4.74 Å². The second-order valence-corrected chi connectivity index (χ2v) is 5.13. The van der Waals surface area contributed by atoms with Crippen LogP contribution in [0.4, 0.5) is 0 Å². The molecule has 0 N–H and O–H groups in total. The molecule has 0 rings (SSSR count). The first kappa shape index (κ1) is 18.1. The molecule has 0 aromatic heterocycles. The lowest BCUT2D eigenvalue weighted by atomic mass is 10.8. The van der Waals surface area contributed by atoms with Gasteiger partial charge in [0.25, 0.3) is 0 Å². The number of thioether (sulfide) groups is 1. The number of ether oxygens (including phenoxy) is 1. The SMILES string of the molecule is SCCOCCS.SCCSCCS.